The van der Waals surface area contributed by atoms with Crippen LogP contribution in [0.25, 0.3) is 0 Å². The average molecular weight is 776 g/mol. The van der Waals surface area contributed by atoms with Gasteiger partial charge < -0.3 is 33.5 Å². The molecule has 0 spiro atoms. The van der Waals surface area contributed by atoms with E-state index in [1.807, 2.05) is 12.4 Å². The third-order valence-corrected chi connectivity index (χ3v) is 12.1. The van der Waals surface area contributed by atoms with E-state index in [0.717, 1.165) is 61.6 Å². The first-order valence-electron chi connectivity index (χ1n) is 20.5. The van der Waals surface area contributed by atoms with Crippen LogP contribution in [-0.4, -0.2) is 65.8 Å². The Balaban J connectivity index is 1.44. The minimum atomic E-state index is -0.233. The highest BCUT2D eigenvalue weighted by molar-refractivity contribution is 5.72. The maximum atomic E-state index is 7.33. The van der Waals surface area contributed by atoms with Crippen LogP contribution in [0, 0.1) is 5.41 Å². The molecule has 0 radical (unpaired) electrons. The van der Waals surface area contributed by atoms with Crippen molar-refractivity contribution in [2.45, 2.75) is 97.1 Å². The highest BCUT2D eigenvalue weighted by Gasteiger charge is 2.44. The summed E-state index contributed by atoms with van der Waals surface area (Å²) in [5.74, 6) is 2.73. The molecule has 0 bridgehead atoms. The van der Waals surface area contributed by atoms with Gasteiger partial charge in [-0.3, -0.25) is 4.98 Å². The molecule has 1 aromatic heterocycles. The van der Waals surface area contributed by atoms with E-state index in [4.69, 9.17) is 23.7 Å². The predicted octanol–water partition coefficient (Wildman–Crippen LogP) is 10.7. The third-order valence-electron chi connectivity index (χ3n) is 12.1. The number of hydrogen-bond acceptors (Lipinski definition) is 8. The summed E-state index contributed by atoms with van der Waals surface area (Å²) < 4.78 is 29.7. The summed E-state index contributed by atoms with van der Waals surface area (Å²) in [5.41, 5.74) is 9.30. The van der Waals surface area contributed by atoms with Crippen molar-refractivity contribution in [3.8, 4) is 11.5 Å². The van der Waals surface area contributed by atoms with E-state index < -0.39 is 0 Å². The van der Waals surface area contributed by atoms with Crippen molar-refractivity contribution in [2.75, 3.05) is 64.5 Å². The molecule has 8 nitrogen and oxygen atoms in total. The fraction of sp³-hybridized carbons (Fsp3) is 0.490. The summed E-state index contributed by atoms with van der Waals surface area (Å²) in [6, 6.07) is 17.3. The van der Waals surface area contributed by atoms with Gasteiger partial charge in [0.15, 0.2) is 0 Å². The zero-order valence-corrected chi connectivity index (χ0v) is 36.3. The third kappa shape index (κ3) is 8.68. The van der Waals surface area contributed by atoms with Gasteiger partial charge in [0.1, 0.15) is 23.4 Å². The minimum Gasteiger partial charge on any atom is -0.497 e. The number of nitrogens with zero attached hydrogens (tertiary/aromatic N) is 3. The lowest BCUT2D eigenvalue weighted by Gasteiger charge is -2.33. The molecule has 3 heterocycles. The summed E-state index contributed by atoms with van der Waals surface area (Å²) in [5, 5.41) is 0. The number of hydrogen-bond donors (Lipinski definition) is 0. The van der Waals surface area contributed by atoms with Gasteiger partial charge in [-0.15, -0.1) is 0 Å². The Morgan fingerprint density at radius 2 is 1.42 bits per heavy atom. The number of rotatable bonds is 16. The topological polar surface area (TPSA) is 65.5 Å². The quantitative estimate of drug-likeness (QED) is 0.133. The molecule has 0 saturated carbocycles. The molecule has 0 saturated heterocycles. The Morgan fingerprint density at radius 1 is 0.789 bits per heavy atom. The molecule has 2 aliphatic heterocycles. The van der Waals surface area contributed by atoms with Gasteiger partial charge in [-0.05, 0) is 108 Å². The number of benzene rings is 2. The van der Waals surface area contributed by atoms with Crippen LogP contribution in [0.3, 0.4) is 0 Å². The molecule has 8 heteroatoms. The van der Waals surface area contributed by atoms with Crippen LogP contribution in [0.1, 0.15) is 96.9 Å². The summed E-state index contributed by atoms with van der Waals surface area (Å²) in [7, 11) is 7.03. The number of pyridine rings is 1. The number of methoxy groups -OCH3 is 4. The molecule has 1 aliphatic carbocycles. The first kappa shape index (κ1) is 42.1. The van der Waals surface area contributed by atoms with Gasteiger partial charge in [0, 0.05) is 86.2 Å². The molecular formula is C49H65N3O5. The first-order valence-corrected chi connectivity index (χ1v) is 20.5. The van der Waals surface area contributed by atoms with E-state index in [9.17, 15) is 0 Å². The van der Waals surface area contributed by atoms with Crippen molar-refractivity contribution in [3.63, 3.8) is 0 Å². The molecule has 306 valence electrons. The average Bonchev–Trinajstić information content (AvgIpc) is 3.75. The van der Waals surface area contributed by atoms with E-state index in [1.165, 1.54) is 39.3 Å². The highest BCUT2D eigenvalue weighted by atomic mass is 16.5. The van der Waals surface area contributed by atoms with Crippen LogP contribution in [0.2, 0.25) is 0 Å². The monoisotopic (exact) mass is 775 g/mol. The fourth-order valence-electron chi connectivity index (χ4n) is 8.94. The van der Waals surface area contributed by atoms with Crippen molar-refractivity contribution >= 4 is 11.4 Å². The van der Waals surface area contributed by atoms with E-state index >= 15 is 0 Å². The molecule has 0 amide bonds. The van der Waals surface area contributed by atoms with Crippen molar-refractivity contribution in [3.05, 3.63) is 125 Å². The first-order chi connectivity index (χ1) is 27.3. The molecule has 0 fully saturated rings. The molecule has 3 aliphatic rings. The Bertz CT molecular complexity index is 1990. The summed E-state index contributed by atoms with van der Waals surface area (Å²) in [4.78, 5) is 9.34. The summed E-state index contributed by atoms with van der Waals surface area (Å²) >= 11 is 0. The lowest BCUT2D eigenvalue weighted by molar-refractivity contribution is 0.0294. The molecule has 57 heavy (non-hydrogen) atoms. The lowest BCUT2D eigenvalue weighted by Crippen LogP contribution is -2.40. The highest BCUT2D eigenvalue weighted by Crippen LogP contribution is 2.51. The fourth-order valence-corrected chi connectivity index (χ4v) is 8.94. The van der Waals surface area contributed by atoms with Crippen LogP contribution in [-0.2, 0) is 25.0 Å². The second kappa shape index (κ2) is 17.5. The second-order valence-corrected chi connectivity index (χ2v) is 17.7. The van der Waals surface area contributed by atoms with Gasteiger partial charge in [-0.25, -0.2) is 0 Å². The maximum absolute atomic E-state index is 7.33. The molecule has 0 N–H and O–H groups in total. The van der Waals surface area contributed by atoms with Gasteiger partial charge in [0.05, 0.1) is 20.3 Å². The molecule has 2 atom stereocenters. The van der Waals surface area contributed by atoms with E-state index in [2.05, 4.69) is 136 Å². The number of ether oxygens (including phenoxy) is 5. The number of fused-ring (bicyclic) bond motifs is 2. The zero-order chi connectivity index (χ0) is 41.0. The van der Waals surface area contributed by atoms with Gasteiger partial charge in [0.25, 0.3) is 0 Å². The SMILES string of the molecule is COCCCN1/C(=C/C=C2\CCC(/C=C/C3N(CCCOC)c4ccc(OC)cc4C3(C)C)=C2OC(c2ccncc2)C(C)(C)C)C(C)(C)c2cc(OC)ccc21. The Morgan fingerprint density at radius 3 is 2.05 bits per heavy atom. The molecule has 6 rings (SSSR count). The van der Waals surface area contributed by atoms with Crippen molar-refractivity contribution < 1.29 is 23.7 Å². The predicted molar refractivity (Wildman–Crippen MR) is 233 cm³/mol. The van der Waals surface area contributed by atoms with Crippen LogP contribution in [0.15, 0.2) is 108 Å². The van der Waals surface area contributed by atoms with Gasteiger partial charge >= 0.3 is 0 Å². The van der Waals surface area contributed by atoms with Crippen LogP contribution in [0.5, 0.6) is 11.5 Å². The van der Waals surface area contributed by atoms with Crippen molar-refractivity contribution in [1.29, 1.82) is 0 Å². The normalized spacial score (nSPS) is 20.5. The zero-order valence-electron chi connectivity index (χ0n) is 36.3. The smallest absolute Gasteiger partial charge is 0.129 e. The Labute approximate surface area is 342 Å². The van der Waals surface area contributed by atoms with E-state index in [-0.39, 0.29) is 28.4 Å². The van der Waals surface area contributed by atoms with E-state index in [1.54, 1.807) is 28.4 Å². The maximum Gasteiger partial charge on any atom is 0.129 e. The van der Waals surface area contributed by atoms with Crippen LogP contribution < -0.4 is 19.3 Å². The number of aromatic nitrogens is 1. The Hall–Kier alpha value is -4.53. The summed E-state index contributed by atoms with van der Waals surface area (Å²) in [6.45, 7) is 19.3. The number of allylic oxidation sites excluding steroid dienone is 6. The molecule has 3 aromatic rings. The van der Waals surface area contributed by atoms with Gasteiger partial charge in [0.2, 0.25) is 0 Å². The Kier molecular flexibility index (Phi) is 12.9. The van der Waals surface area contributed by atoms with Crippen LogP contribution >= 0.6 is 0 Å². The van der Waals surface area contributed by atoms with Gasteiger partial charge in [-0.1, -0.05) is 66.7 Å². The standard InChI is InChI=1S/C49H65N3O5/c1-47(2,3)46(36-24-26-50-27-25-36)57-45-34(16-22-43-48(4,5)39-32-37(55-10)18-20-41(39)51(43)28-12-30-53-8)14-15-35(45)17-23-44-49(6,7)40-33-38(56-11)19-21-42(40)52(44)29-13-31-54-9/h16-27,32-33,43,46H,12-15,28-31H2,1-11H3/b22-16+,35-17+,44-23+. The molecular weight excluding hydrogens is 711 g/mol. The molecule has 2 unspecified atom stereocenters. The van der Waals surface area contributed by atoms with Crippen LogP contribution in [0.4, 0.5) is 11.4 Å². The second-order valence-electron chi connectivity index (χ2n) is 17.7. The van der Waals surface area contributed by atoms with Crippen molar-refractivity contribution in [1.82, 2.24) is 4.98 Å². The van der Waals surface area contributed by atoms with E-state index in [0.29, 0.717) is 13.2 Å². The molecule has 2 aromatic carbocycles. The minimum absolute atomic E-state index is 0.134. The summed E-state index contributed by atoms with van der Waals surface area (Å²) in [6.07, 6.45) is 16.6. The lowest BCUT2D eigenvalue weighted by atomic mass is 9.80. The largest absolute Gasteiger partial charge is 0.497 e. The van der Waals surface area contributed by atoms with Crippen molar-refractivity contribution in [2.24, 2.45) is 5.41 Å². The number of anilines is 2. The van der Waals surface area contributed by atoms with Gasteiger partial charge in [-0.2, -0.15) is 0 Å².